The molecule has 1 fully saturated rings. The summed E-state index contributed by atoms with van der Waals surface area (Å²) in [4.78, 5) is 37.8. The number of carbonyl (C=O) groups is 2. The van der Waals surface area contributed by atoms with Crippen LogP contribution in [0.3, 0.4) is 0 Å². The molecular formula is C14H17N3O4. The normalized spacial score (nSPS) is 18.6. The van der Waals surface area contributed by atoms with Crippen LogP contribution in [0.25, 0.3) is 0 Å². The Morgan fingerprint density at radius 2 is 2.00 bits per heavy atom. The summed E-state index contributed by atoms with van der Waals surface area (Å²) >= 11 is 0. The summed E-state index contributed by atoms with van der Waals surface area (Å²) in [5.41, 5.74) is 0.119. The van der Waals surface area contributed by atoms with Crippen LogP contribution in [0.4, 0.5) is 11.4 Å². The highest BCUT2D eigenvalue weighted by molar-refractivity contribution is 6.22. The number of non-ortho nitro benzene ring substituents is 1. The van der Waals surface area contributed by atoms with Gasteiger partial charge in [0, 0.05) is 12.1 Å². The highest BCUT2D eigenvalue weighted by Crippen LogP contribution is 2.28. The van der Waals surface area contributed by atoms with E-state index in [-0.39, 0.29) is 29.6 Å². The van der Waals surface area contributed by atoms with Gasteiger partial charge in [-0.05, 0) is 19.2 Å². The van der Waals surface area contributed by atoms with Gasteiger partial charge in [-0.25, -0.2) is 4.90 Å². The Hall–Kier alpha value is -2.28. The second-order valence-electron chi connectivity index (χ2n) is 4.79. The number of carbonyl (C=O) groups excluding carboxylic acids is 2. The number of rotatable bonds is 5. The molecule has 1 aliphatic rings. The fourth-order valence-corrected chi connectivity index (χ4v) is 2.58. The van der Waals surface area contributed by atoms with E-state index in [0.29, 0.717) is 13.1 Å². The van der Waals surface area contributed by atoms with E-state index in [1.54, 1.807) is 0 Å². The van der Waals surface area contributed by atoms with Crippen molar-refractivity contribution in [2.24, 2.45) is 0 Å². The molecule has 0 N–H and O–H groups in total. The Kier molecular flexibility index (Phi) is 4.32. The number of nitro groups is 1. The number of likely N-dealkylation sites (N-methyl/N-ethyl adjacent to an activating group) is 1. The van der Waals surface area contributed by atoms with Crippen molar-refractivity contribution < 1.29 is 14.5 Å². The molecule has 21 heavy (non-hydrogen) atoms. The standard InChI is InChI=1S/C14H17N3O4/c1-3-15(4-2)12-9-13(18)16(14(12)19)10-6-5-7-11(8-10)17(20)21/h5-8,12H,3-4,9H2,1-2H3. The van der Waals surface area contributed by atoms with Gasteiger partial charge < -0.3 is 0 Å². The molecule has 1 saturated heterocycles. The minimum Gasteiger partial charge on any atom is -0.292 e. The van der Waals surface area contributed by atoms with Gasteiger partial charge in [-0.3, -0.25) is 24.6 Å². The summed E-state index contributed by atoms with van der Waals surface area (Å²) < 4.78 is 0. The Labute approximate surface area is 122 Å². The number of nitro benzene ring substituents is 1. The number of hydrogen-bond donors (Lipinski definition) is 0. The summed E-state index contributed by atoms with van der Waals surface area (Å²) in [6.45, 7) is 5.19. The number of hydrogen-bond acceptors (Lipinski definition) is 5. The Morgan fingerprint density at radius 3 is 2.57 bits per heavy atom. The highest BCUT2D eigenvalue weighted by Gasteiger charge is 2.42. The van der Waals surface area contributed by atoms with Crippen molar-refractivity contribution in [1.29, 1.82) is 0 Å². The molecule has 1 atom stereocenters. The lowest BCUT2D eigenvalue weighted by Gasteiger charge is -2.24. The van der Waals surface area contributed by atoms with Crippen LogP contribution in [0.5, 0.6) is 0 Å². The Morgan fingerprint density at radius 1 is 1.33 bits per heavy atom. The second-order valence-corrected chi connectivity index (χ2v) is 4.79. The van der Waals surface area contributed by atoms with E-state index in [0.717, 1.165) is 4.90 Å². The van der Waals surface area contributed by atoms with E-state index in [1.807, 2.05) is 18.7 Å². The molecule has 112 valence electrons. The van der Waals surface area contributed by atoms with Gasteiger partial charge >= 0.3 is 0 Å². The third kappa shape index (κ3) is 2.78. The average molecular weight is 291 g/mol. The van der Waals surface area contributed by atoms with E-state index >= 15 is 0 Å². The number of benzene rings is 1. The van der Waals surface area contributed by atoms with Crippen LogP contribution in [-0.2, 0) is 9.59 Å². The van der Waals surface area contributed by atoms with Crippen molar-refractivity contribution in [3.63, 3.8) is 0 Å². The van der Waals surface area contributed by atoms with Crippen molar-refractivity contribution in [3.05, 3.63) is 34.4 Å². The number of imide groups is 1. The molecule has 7 nitrogen and oxygen atoms in total. The lowest BCUT2D eigenvalue weighted by atomic mass is 10.2. The largest absolute Gasteiger partial charge is 0.292 e. The van der Waals surface area contributed by atoms with E-state index < -0.39 is 11.0 Å². The first-order chi connectivity index (χ1) is 9.99. The van der Waals surface area contributed by atoms with Crippen molar-refractivity contribution >= 4 is 23.2 Å². The van der Waals surface area contributed by atoms with Crippen LogP contribution in [0, 0.1) is 10.1 Å². The molecule has 0 radical (unpaired) electrons. The van der Waals surface area contributed by atoms with Crippen LogP contribution in [-0.4, -0.2) is 40.8 Å². The zero-order valence-corrected chi connectivity index (χ0v) is 12.0. The summed E-state index contributed by atoms with van der Waals surface area (Å²) in [5.74, 6) is -0.637. The fourth-order valence-electron chi connectivity index (χ4n) is 2.58. The number of anilines is 1. The molecule has 0 bridgehead atoms. The first-order valence-electron chi connectivity index (χ1n) is 6.84. The molecule has 2 amide bonds. The lowest BCUT2D eigenvalue weighted by molar-refractivity contribution is -0.384. The smallest absolute Gasteiger partial charge is 0.271 e. The van der Waals surface area contributed by atoms with Crippen LogP contribution < -0.4 is 4.90 Å². The monoisotopic (exact) mass is 291 g/mol. The zero-order valence-electron chi connectivity index (χ0n) is 12.0. The molecule has 1 aromatic carbocycles. The molecule has 0 saturated carbocycles. The van der Waals surface area contributed by atoms with Gasteiger partial charge in [0.05, 0.1) is 23.1 Å². The Bertz CT molecular complexity index is 583. The van der Waals surface area contributed by atoms with Gasteiger partial charge in [-0.1, -0.05) is 19.9 Å². The molecule has 0 aliphatic carbocycles. The molecule has 0 aromatic heterocycles. The minimum atomic E-state index is -0.545. The van der Waals surface area contributed by atoms with Crippen molar-refractivity contribution in [3.8, 4) is 0 Å². The predicted molar refractivity (Wildman–Crippen MR) is 76.9 cm³/mol. The van der Waals surface area contributed by atoms with Crippen LogP contribution >= 0.6 is 0 Å². The number of amides is 2. The van der Waals surface area contributed by atoms with Gasteiger partial charge in [0.2, 0.25) is 5.91 Å². The summed E-state index contributed by atoms with van der Waals surface area (Å²) in [7, 11) is 0. The fraction of sp³-hybridized carbons (Fsp3) is 0.429. The molecule has 2 rings (SSSR count). The quantitative estimate of drug-likeness (QED) is 0.467. The van der Waals surface area contributed by atoms with Gasteiger partial charge in [0.15, 0.2) is 0 Å². The number of nitrogens with zero attached hydrogens (tertiary/aromatic N) is 3. The minimum absolute atomic E-state index is 0.114. The van der Waals surface area contributed by atoms with Gasteiger partial charge in [-0.2, -0.15) is 0 Å². The maximum atomic E-state index is 12.5. The molecular weight excluding hydrogens is 274 g/mol. The van der Waals surface area contributed by atoms with Crippen LogP contribution in [0.2, 0.25) is 0 Å². The Balaban J connectivity index is 2.32. The van der Waals surface area contributed by atoms with E-state index in [4.69, 9.17) is 0 Å². The maximum absolute atomic E-state index is 12.5. The van der Waals surface area contributed by atoms with Gasteiger partial charge in [0.25, 0.3) is 11.6 Å². The third-order valence-corrected chi connectivity index (χ3v) is 3.67. The molecule has 1 aliphatic heterocycles. The molecule has 1 aromatic rings. The van der Waals surface area contributed by atoms with E-state index in [1.165, 1.54) is 24.3 Å². The third-order valence-electron chi connectivity index (χ3n) is 3.67. The SMILES string of the molecule is CCN(CC)C1CC(=O)N(c2cccc([N+](=O)[O-])c2)C1=O. The van der Waals surface area contributed by atoms with Gasteiger partial charge in [0.1, 0.15) is 0 Å². The summed E-state index contributed by atoms with van der Waals surface area (Å²) in [6.07, 6.45) is 0.114. The zero-order chi connectivity index (χ0) is 15.6. The van der Waals surface area contributed by atoms with Crippen LogP contribution in [0.15, 0.2) is 24.3 Å². The summed E-state index contributed by atoms with van der Waals surface area (Å²) in [6, 6.07) is 5.11. The first-order valence-corrected chi connectivity index (χ1v) is 6.84. The maximum Gasteiger partial charge on any atom is 0.271 e. The molecule has 0 spiro atoms. The molecule has 7 heteroatoms. The summed E-state index contributed by atoms with van der Waals surface area (Å²) in [5, 5.41) is 10.8. The van der Waals surface area contributed by atoms with Crippen molar-refractivity contribution in [2.45, 2.75) is 26.3 Å². The first kappa shape index (κ1) is 15.1. The molecule has 1 unspecified atom stereocenters. The van der Waals surface area contributed by atoms with Gasteiger partial charge in [-0.15, -0.1) is 0 Å². The molecule has 1 heterocycles. The predicted octanol–water partition coefficient (Wildman–Crippen LogP) is 1.57. The van der Waals surface area contributed by atoms with Crippen molar-refractivity contribution in [1.82, 2.24) is 4.90 Å². The van der Waals surface area contributed by atoms with E-state index in [2.05, 4.69) is 0 Å². The van der Waals surface area contributed by atoms with Crippen LogP contribution in [0.1, 0.15) is 20.3 Å². The topological polar surface area (TPSA) is 83.8 Å². The lowest BCUT2D eigenvalue weighted by Crippen LogP contribution is -2.42. The second kappa shape index (κ2) is 6.01. The van der Waals surface area contributed by atoms with Crippen molar-refractivity contribution in [2.75, 3.05) is 18.0 Å². The van der Waals surface area contributed by atoms with E-state index in [9.17, 15) is 19.7 Å². The average Bonchev–Trinajstić information content (AvgIpc) is 2.76. The highest BCUT2D eigenvalue weighted by atomic mass is 16.6.